The van der Waals surface area contributed by atoms with Crippen molar-refractivity contribution in [2.75, 3.05) is 6.54 Å². The maximum Gasteiger partial charge on any atom is 0.240 e. The van der Waals surface area contributed by atoms with Crippen LogP contribution in [0.2, 0.25) is 0 Å². The molecule has 1 saturated carbocycles. The average molecular weight is 272 g/mol. The number of halogens is 1. The van der Waals surface area contributed by atoms with Gasteiger partial charge in [0, 0.05) is 12.6 Å². The zero-order chi connectivity index (χ0) is 13.3. The van der Waals surface area contributed by atoms with E-state index in [1.807, 2.05) is 0 Å². The molecule has 0 aromatic heterocycles. The van der Waals surface area contributed by atoms with E-state index in [2.05, 4.69) is 4.72 Å². The first-order chi connectivity index (χ1) is 8.44. The van der Waals surface area contributed by atoms with E-state index < -0.39 is 15.8 Å². The lowest BCUT2D eigenvalue weighted by molar-refractivity contribution is 0.518. The topological polar surface area (TPSA) is 72.2 Å². The quantitative estimate of drug-likeness (QED) is 0.844. The fourth-order valence-electron chi connectivity index (χ4n) is 1.84. The monoisotopic (exact) mass is 272 g/mol. The van der Waals surface area contributed by atoms with Gasteiger partial charge in [0.25, 0.3) is 0 Å². The van der Waals surface area contributed by atoms with E-state index in [0.717, 1.165) is 18.9 Å². The van der Waals surface area contributed by atoms with E-state index in [4.69, 9.17) is 5.73 Å². The van der Waals surface area contributed by atoms with Gasteiger partial charge in [0.2, 0.25) is 10.0 Å². The van der Waals surface area contributed by atoms with Gasteiger partial charge in [-0.1, -0.05) is 6.07 Å². The molecule has 1 unspecified atom stereocenters. The Morgan fingerprint density at radius 3 is 2.67 bits per heavy atom. The van der Waals surface area contributed by atoms with Gasteiger partial charge >= 0.3 is 0 Å². The Morgan fingerprint density at radius 2 is 2.17 bits per heavy atom. The van der Waals surface area contributed by atoms with Crippen molar-refractivity contribution >= 4 is 10.0 Å². The van der Waals surface area contributed by atoms with Crippen molar-refractivity contribution in [2.24, 2.45) is 11.7 Å². The van der Waals surface area contributed by atoms with Gasteiger partial charge in [-0.05, 0) is 43.4 Å². The van der Waals surface area contributed by atoms with Crippen LogP contribution in [-0.2, 0) is 10.0 Å². The van der Waals surface area contributed by atoms with Gasteiger partial charge in [0.1, 0.15) is 5.82 Å². The number of rotatable bonds is 5. The van der Waals surface area contributed by atoms with Crippen LogP contribution in [0.3, 0.4) is 0 Å². The molecule has 0 amide bonds. The predicted molar refractivity (Wildman–Crippen MR) is 67.0 cm³/mol. The Morgan fingerprint density at radius 1 is 1.50 bits per heavy atom. The number of hydrogen-bond donors (Lipinski definition) is 2. The number of nitrogens with one attached hydrogen (secondary N) is 1. The molecule has 0 aliphatic heterocycles. The van der Waals surface area contributed by atoms with E-state index in [-0.39, 0.29) is 17.5 Å². The first-order valence-electron chi connectivity index (χ1n) is 5.92. The van der Waals surface area contributed by atoms with Crippen LogP contribution in [0, 0.1) is 18.7 Å². The highest BCUT2D eigenvalue weighted by atomic mass is 32.2. The second-order valence-corrected chi connectivity index (χ2v) is 6.43. The molecular weight excluding hydrogens is 255 g/mol. The first kappa shape index (κ1) is 13.5. The summed E-state index contributed by atoms with van der Waals surface area (Å²) in [4.78, 5) is -0.0512. The molecule has 1 aliphatic carbocycles. The number of aryl methyl sites for hydroxylation is 1. The summed E-state index contributed by atoms with van der Waals surface area (Å²) in [5, 5.41) is 0. The van der Waals surface area contributed by atoms with Crippen LogP contribution < -0.4 is 10.5 Å². The molecule has 0 saturated heterocycles. The summed E-state index contributed by atoms with van der Waals surface area (Å²) in [5.74, 6) is -0.200. The molecule has 0 radical (unpaired) electrons. The molecule has 6 heteroatoms. The molecule has 18 heavy (non-hydrogen) atoms. The van der Waals surface area contributed by atoms with Crippen LogP contribution in [0.25, 0.3) is 0 Å². The molecule has 0 heterocycles. The highest BCUT2D eigenvalue weighted by Gasteiger charge is 2.33. The lowest BCUT2D eigenvalue weighted by Crippen LogP contribution is -2.41. The maximum atomic E-state index is 13.4. The third-order valence-electron chi connectivity index (χ3n) is 3.21. The Hall–Kier alpha value is -0.980. The predicted octanol–water partition coefficient (Wildman–Crippen LogP) is 1.15. The molecule has 4 nitrogen and oxygen atoms in total. The molecule has 1 aliphatic rings. The van der Waals surface area contributed by atoms with E-state index in [0.29, 0.717) is 11.5 Å². The Labute approximate surface area is 106 Å². The zero-order valence-corrected chi connectivity index (χ0v) is 11.0. The summed E-state index contributed by atoms with van der Waals surface area (Å²) >= 11 is 0. The average Bonchev–Trinajstić information content (AvgIpc) is 3.13. The summed E-state index contributed by atoms with van der Waals surface area (Å²) in [5.41, 5.74) is 5.97. The minimum Gasteiger partial charge on any atom is -0.329 e. The van der Waals surface area contributed by atoms with E-state index >= 15 is 0 Å². The lowest BCUT2D eigenvalue weighted by atomic mass is 10.2. The Balaban J connectivity index is 2.21. The van der Waals surface area contributed by atoms with Gasteiger partial charge in [-0.2, -0.15) is 0 Å². The minimum atomic E-state index is -3.69. The smallest absolute Gasteiger partial charge is 0.240 e. The highest BCUT2D eigenvalue weighted by Crippen LogP contribution is 2.32. The normalized spacial score (nSPS) is 17.7. The molecule has 0 bridgehead atoms. The van der Waals surface area contributed by atoms with Crippen LogP contribution in [0.15, 0.2) is 23.1 Å². The maximum absolute atomic E-state index is 13.4. The number of hydrogen-bond acceptors (Lipinski definition) is 3. The molecule has 1 atom stereocenters. The minimum absolute atomic E-state index is 0.0512. The third kappa shape index (κ3) is 2.88. The second-order valence-electron chi connectivity index (χ2n) is 4.71. The Bertz CT molecular complexity index is 541. The summed E-state index contributed by atoms with van der Waals surface area (Å²) in [7, 11) is -3.69. The SMILES string of the molecule is Cc1ccc(S(=O)(=O)NC(CN)C2CC2)cc1F. The fourth-order valence-corrected chi connectivity index (χ4v) is 3.17. The van der Waals surface area contributed by atoms with E-state index in [1.165, 1.54) is 12.1 Å². The summed E-state index contributed by atoms with van der Waals surface area (Å²) in [6.45, 7) is 1.85. The Kier molecular flexibility index (Phi) is 3.70. The molecule has 100 valence electrons. The van der Waals surface area contributed by atoms with Gasteiger partial charge in [0.15, 0.2) is 0 Å². The van der Waals surface area contributed by atoms with Gasteiger partial charge < -0.3 is 5.73 Å². The van der Waals surface area contributed by atoms with Crippen LogP contribution >= 0.6 is 0 Å². The van der Waals surface area contributed by atoms with Crippen molar-refractivity contribution in [2.45, 2.75) is 30.7 Å². The second kappa shape index (κ2) is 4.95. The van der Waals surface area contributed by atoms with Crippen LogP contribution in [-0.4, -0.2) is 21.0 Å². The molecule has 1 fully saturated rings. The van der Waals surface area contributed by atoms with Crippen molar-refractivity contribution in [1.82, 2.24) is 4.72 Å². The molecule has 2 rings (SSSR count). The zero-order valence-electron chi connectivity index (χ0n) is 10.2. The summed E-state index contributed by atoms with van der Waals surface area (Å²) in [6.07, 6.45) is 1.99. The highest BCUT2D eigenvalue weighted by molar-refractivity contribution is 7.89. The van der Waals surface area contributed by atoms with Crippen molar-refractivity contribution < 1.29 is 12.8 Å². The van der Waals surface area contributed by atoms with E-state index in [1.54, 1.807) is 6.92 Å². The third-order valence-corrected chi connectivity index (χ3v) is 4.69. The van der Waals surface area contributed by atoms with Gasteiger partial charge in [-0.15, -0.1) is 0 Å². The first-order valence-corrected chi connectivity index (χ1v) is 7.41. The van der Waals surface area contributed by atoms with Crippen LogP contribution in [0.1, 0.15) is 18.4 Å². The molecule has 1 aromatic rings. The number of sulfonamides is 1. The van der Waals surface area contributed by atoms with Gasteiger partial charge in [0.05, 0.1) is 4.90 Å². The molecule has 3 N–H and O–H groups in total. The van der Waals surface area contributed by atoms with Crippen molar-refractivity contribution in [3.63, 3.8) is 0 Å². The summed E-state index contributed by atoms with van der Waals surface area (Å²) in [6, 6.07) is 3.65. The van der Waals surface area contributed by atoms with Crippen molar-refractivity contribution in [3.05, 3.63) is 29.6 Å². The molecular formula is C12H17FN2O2S. The van der Waals surface area contributed by atoms with Crippen molar-refractivity contribution in [3.8, 4) is 0 Å². The largest absolute Gasteiger partial charge is 0.329 e. The van der Waals surface area contributed by atoms with Gasteiger partial charge in [-0.3, -0.25) is 0 Å². The summed E-state index contributed by atoms with van der Waals surface area (Å²) < 4.78 is 40.1. The van der Waals surface area contributed by atoms with Gasteiger partial charge in [-0.25, -0.2) is 17.5 Å². The van der Waals surface area contributed by atoms with E-state index in [9.17, 15) is 12.8 Å². The fraction of sp³-hybridized carbons (Fsp3) is 0.500. The van der Waals surface area contributed by atoms with Crippen LogP contribution in [0.5, 0.6) is 0 Å². The number of nitrogens with two attached hydrogens (primary N) is 1. The number of benzene rings is 1. The standard InChI is InChI=1S/C12H17FN2O2S/c1-8-2-5-10(6-11(8)13)18(16,17)15-12(7-14)9-3-4-9/h2,5-6,9,12,15H,3-4,7,14H2,1H3. The molecule has 0 spiro atoms. The molecule has 1 aromatic carbocycles. The lowest BCUT2D eigenvalue weighted by Gasteiger charge is -2.16. The van der Waals surface area contributed by atoms with Crippen LogP contribution in [0.4, 0.5) is 4.39 Å². The van der Waals surface area contributed by atoms with Crippen molar-refractivity contribution in [1.29, 1.82) is 0 Å².